The summed E-state index contributed by atoms with van der Waals surface area (Å²) in [7, 11) is 0. The van der Waals surface area contributed by atoms with Gasteiger partial charge in [0.05, 0.1) is 29.3 Å². The first-order chi connectivity index (χ1) is 13.0. The SMILES string of the molecule is CC1(C)C[C@H](Cc2nc(NCCc3cnccn3)ncc2C#N)CC[C@@H]1O. The zero-order valence-electron chi connectivity index (χ0n) is 15.9. The predicted molar refractivity (Wildman–Crippen MR) is 102 cm³/mol. The Balaban J connectivity index is 1.64. The number of nitriles is 1. The molecule has 3 rings (SSSR count). The van der Waals surface area contributed by atoms with Crippen molar-refractivity contribution in [3.8, 4) is 6.07 Å². The van der Waals surface area contributed by atoms with E-state index in [-0.39, 0.29) is 11.5 Å². The summed E-state index contributed by atoms with van der Waals surface area (Å²) in [6.45, 7) is 4.86. The van der Waals surface area contributed by atoms with Gasteiger partial charge in [0, 0.05) is 31.6 Å². The van der Waals surface area contributed by atoms with Gasteiger partial charge in [-0.05, 0) is 37.0 Å². The Kier molecular flexibility index (Phi) is 5.97. The van der Waals surface area contributed by atoms with Crippen LogP contribution in [0.25, 0.3) is 0 Å². The van der Waals surface area contributed by atoms with E-state index in [0.717, 1.165) is 43.5 Å². The number of anilines is 1. The fraction of sp³-hybridized carbons (Fsp3) is 0.550. The Morgan fingerprint density at radius 3 is 2.81 bits per heavy atom. The molecule has 2 atom stereocenters. The van der Waals surface area contributed by atoms with Crippen LogP contribution in [0, 0.1) is 22.7 Å². The van der Waals surface area contributed by atoms with Crippen LogP contribution < -0.4 is 5.32 Å². The van der Waals surface area contributed by atoms with E-state index in [1.165, 1.54) is 0 Å². The molecule has 1 aliphatic carbocycles. The molecule has 1 aliphatic rings. The minimum Gasteiger partial charge on any atom is -0.393 e. The minimum absolute atomic E-state index is 0.0967. The molecule has 0 unspecified atom stereocenters. The quantitative estimate of drug-likeness (QED) is 0.809. The summed E-state index contributed by atoms with van der Waals surface area (Å²) in [6, 6.07) is 2.20. The average molecular weight is 366 g/mol. The van der Waals surface area contributed by atoms with Crippen molar-refractivity contribution in [1.82, 2.24) is 19.9 Å². The van der Waals surface area contributed by atoms with Gasteiger partial charge in [-0.25, -0.2) is 9.97 Å². The van der Waals surface area contributed by atoms with Gasteiger partial charge in [0.1, 0.15) is 6.07 Å². The van der Waals surface area contributed by atoms with E-state index < -0.39 is 0 Å². The third kappa shape index (κ3) is 4.98. The third-order valence-corrected chi connectivity index (χ3v) is 5.32. The Morgan fingerprint density at radius 1 is 1.26 bits per heavy atom. The Bertz CT molecular complexity index is 802. The van der Waals surface area contributed by atoms with Gasteiger partial charge in [0.2, 0.25) is 5.95 Å². The first-order valence-corrected chi connectivity index (χ1v) is 9.41. The van der Waals surface area contributed by atoms with Crippen molar-refractivity contribution in [2.45, 2.75) is 52.1 Å². The fourth-order valence-electron chi connectivity index (χ4n) is 3.73. The van der Waals surface area contributed by atoms with Crippen LogP contribution in [0.4, 0.5) is 5.95 Å². The third-order valence-electron chi connectivity index (χ3n) is 5.32. The molecule has 142 valence electrons. The van der Waals surface area contributed by atoms with E-state index in [0.29, 0.717) is 24.0 Å². The van der Waals surface area contributed by atoms with Crippen molar-refractivity contribution in [3.63, 3.8) is 0 Å². The number of aliphatic hydroxyl groups is 1. The number of aliphatic hydroxyl groups excluding tert-OH is 1. The van der Waals surface area contributed by atoms with Crippen molar-refractivity contribution in [2.24, 2.45) is 11.3 Å². The second kappa shape index (κ2) is 8.40. The van der Waals surface area contributed by atoms with Gasteiger partial charge in [-0.15, -0.1) is 0 Å². The largest absolute Gasteiger partial charge is 0.393 e. The summed E-state index contributed by atoms with van der Waals surface area (Å²) in [5.74, 6) is 0.945. The molecule has 0 bridgehead atoms. The molecule has 2 heterocycles. The lowest BCUT2D eigenvalue weighted by Crippen LogP contribution is -2.37. The topological polar surface area (TPSA) is 108 Å². The van der Waals surface area contributed by atoms with Gasteiger partial charge < -0.3 is 10.4 Å². The Morgan fingerprint density at radius 2 is 2.11 bits per heavy atom. The van der Waals surface area contributed by atoms with E-state index >= 15 is 0 Å². The highest BCUT2D eigenvalue weighted by Crippen LogP contribution is 2.40. The number of rotatable bonds is 6. The molecular weight excluding hydrogens is 340 g/mol. The van der Waals surface area contributed by atoms with Crippen LogP contribution in [-0.4, -0.2) is 37.7 Å². The monoisotopic (exact) mass is 366 g/mol. The van der Waals surface area contributed by atoms with E-state index in [9.17, 15) is 10.4 Å². The minimum atomic E-state index is -0.257. The smallest absolute Gasteiger partial charge is 0.222 e. The Labute approximate surface area is 159 Å². The maximum absolute atomic E-state index is 10.2. The summed E-state index contributed by atoms with van der Waals surface area (Å²) in [5, 5.41) is 22.8. The Hall–Kier alpha value is -2.59. The second-order valence-corrected chi connectivity index (χ2v) is 7.90. The fourth-order valence-corrected chi connectivity index (χ4v) is 3.73. The molecule has 0 radical (unpaired) electrons. The van der Waals surface area contributed by atoms with Crippen LogP contribution in [0.15, 0.2) is 24.8 Å². The summed E-state index contributed by atoms with van der Waals surface area (Å²) in [4.78, 5) is 17.1. The number of nitrogens with one attached hydrogen (secondary N) is 1. The van der Waals surface area contributed by atoms with Crippen LogP contribution in [0.1, 0.15) is 50.1 Å². The lowest BCUT2D eigenvalue weighted by atomic mass is 9.69. The van der Waals surface area contributed by atoms with E-state index in [4.69, 9.17) is 0 Å². The van der Waals surface area contributed by atoms with Crippen molar-refractivity contribution < 1.29 is 5.11 Å². The molecule has 1 saturated carbocycles. The molecule has 2 N–H and O–H groups in total. The second-order valence-electron chi connectivity index (χ2n) is 7.90. The summed E-state index contributed by atoms with van der Waals surface area (Å²) in [6.07, 6.45) is 10.5. The molecule has 0 aromatic carbocycles. The lowest BCUT2D eigenvalue weighted by molar-refractivity contribution is -0.00748. The number of nitrogens with zero attached hydrogens (tertiary/aromatic N) is 5. The first-order valence-electron chi connectivity index (χ1n) is 9.41. The van der Waals surface area contributed by atoms with Crippen molar-refractivity contribution >= 4 is 5.95 Å². The van der Waals surface area contributed by atoms with Crippen LogP contribution in [0.3, 0.4) is 0 Å². The molecular formula is C20H26N6O. The maximum Gasteiger partial charge on any atom is 0.222 e. The molecule has 27 heavy (non-hydrogen) atoms. The van der Waals surface area contributed by atoms with Gasteiger partial charge in [0.15, 0.2) is 0 Å². The normalized spacial score (nSPS) is 21.4. The zero-order chi connectivity index (χ0) is 19.3. The average Bonchev–Trinajstić information content (AvgIpc) is 2.66. The van der Waals surface area contributed by atoms with Crippen molar-refractivity contribution in [1.29, 1.82) is 5.26 Å². The molecule has 0 saturated heterocycles. The number of aromatic nitrogens is 4. The molecule has 0 aliphatic heterocycles. The van der Waals surface area contributed by atoms with Crippen LogP contribution >= 0.6 is 0 Å². The van der Waals surface area contributed by atoms with Gasteiger partial charge in [-0.1, -0.05) is 13.8 Å². The van der Waals surface area contributed by atoms with Gasteiger partial charge in [-0.3, -0.25) is 9.97 Å². The predicted octanol–water partition coefficient (Wildman–Crippen LogP) is 2.52. The highest BCUT2D eigenvalue weighted by atomic mass is 16.3. The van der Waals surface area contributed by atoms with E-state index in [1.54, 1.807) is 24.8 Å². The molecule has 0 spiro atoms. The van der Waals surface area contributed by atoms with Crippen LogP contribution in [0.5, 0.6) is 0 Å². The standard InChI is InChI=1S/C20H26N6O/c1-20(2)10-14(3-4-18(20)27)9-17-15(11-21)12-25-19(26-17)24-6-5-16-13-22-7-8-23-16/h7-8,12-14,18,27H,3-6,9-10H2,1-2H3,(H,24,25,26)/t14-,18-/m0/s1. The highest BCUT2D eigenvalue weighted by Gasteiger charge is 2.35. The molecule has 1 fully saturated rings. The number of hydrogen-bond acceptors (Lipinski definition) is 7. The van der Waals surface area contributed by atoms with Gasteiger partial charge in [0.25, 0.3) is 0 Å². The zero-order valence-corrected chi connectivity index (χ0v) is 15.9. The van der Waals surface area contributed by atoms with Crippen molar-refractivity contribution in [3.05, 3.63) is 41.7 Å². The maximum atomic E-state index is 10.2. The molecule has 7 heteroatoms. The highest BCUT2D eigenvalue weighted by molar-refractivity contribution is 5.37. The van der Waals surface area contributed by atoms with Gasteiger partial charge in [-0.2, -0.15) is 5.26 Å². The van der Waals surface area contributed by atoms with E-state index in [2.05, 4.69) is 45.2 Å². The summed E-state index contributed by atoms with van der Waals surface area (Å²) >= 11 is 0. The van der Waals surface area contributed by atoms with Crippen LogP contribution in [0.2, 0.25) is 0 Å². The lowest BCUT2D eigenvalue weighted by Gasteiger charge is -2.39. The summed E-state index contributed by atoms with van der Waals surface area (Å²) in [5.41, 5.74) is 2.12. The molecule has 2 aromatic rings. The first kappa shape index (κ1) is 19.2. The molecule has 7 nitrogen and oxygen atoms in total. The number of hydrogen-bond donors (Lipinski definition) is 2. The molecule has 0 amide bonds. The van der Waals surface area contributed by atoms with Crippen LogP contribution in [-0.2, 0) is 12.8 Å². The summed E-state index contributed by atoms with van der Waals surface area (Å²) < 4.78 is 0. The van der Waals surface area contributed by atoms with Gasteiger partial charge >= 0.3 is 0 Å². The van der Waals surface area contributed by atoms with Crippen molar-refractivity contribution in [2.75, 3.05) is 11.9 Å². The van der Waals surface area contributed by atoms with E-state index in [1.807, 2.05) is 0 Å². The molecule has 2 aromatic heterocycles.